The Morgan fingerprint density at radius 2 is 2.12 bits per heavy atom. The van der Waals surface area contributed by atoms with E-state index in [0.29, 0.717) is 17.2 Å². The molecule has 0 spiro atoms. The van der Waals surface area contributed by atoms with Crippen molar-refractivity contribution < 1.29 is 17.6 Å². The molecular weight excluding hydrogens is 342 g/mol. The van der Waals surface area contributed by atoms with Crippen molar-refractivity contribution in [3.8, 4) is 0 Å². The van der Waals surface area contributed by atoms with Gasteiger partial charge in [-0.05, 0) is 44.9 Å². The Bertz CT molecular complexity index is 1030. The van der Waals surface area contributed by atoms with Gasteiger partial charge >= 0.3 is 0 Å². The van der Waals surface area contributed by atoms with E-state index in [1.807, 2.05) is 0 Å². The van der Waals surface area contributed by atoms with Gasteiger partial charge in [-0.15, -0.1) is 0 Å². The molecule has 1 fully saturated rings. The fraction of sp³-hybridized carbons (Fsp3) is 0.353. The minimum absolute atomic E-state index is 0.0101. The first kappa shape index (κ1) is 16.2. The highest BCUT2D eigenvalue weighted by atomic mass is 32.2. The molecule has 0 bridgehead atoms. The molecule has 1 aliphatic heterocycles. The summed E-state index contributed by atoms with van der Waals surface area (Å²) in [7, 11) is -3.70. The van der Waals surface area contributed by atoms with Crippen LogP contribution in [0.15, 0.2) is 33.6 Å². The number of nitrogens with zero attached hydrogens (tertiary/aromatic N) is 1. The number of imidazole rings is 1. The summed E-state index contributed by atoms with van der Waals surface area (Å²) in [5.41, 5.74) is 2.02. The monoisotopic (exact) mass is 361 g/mol. The molecule has 2 aromatic heterocycles. The zero-order valence-corrected chi connectivity index (χ0v) is 14.8. The molecule has 0 aliphatic carbocycles. The van der Waals surface area contributed by atoms with Crippen molar-refractivity contribution in [2.75, 3.05) is 11.3 Å². The number of rotatable bonds is 4. The van der Waals surface area contributed by atoms with E-state index in [9.17, 15) is 8.42 Å². The van der Waals surface area contributed by atoms with Gasteiger partial charge in [0.05, 0.1) is 16.7 Å². The number of ether oxygens (including phenoxy) is 1. The van der Waals surface area contributed by atoms with Crippen LogP contribution in [0.2, 0.25) is 0 Å². The zero-order valence-electron chi connectivity index (χ0n) is 14.0. The average molecular weight is 361 g/mol. The molecular formula is C17H19N3O4S. The number of nitrogens with one attached hydrogen (secondary N) is 2. The summed E-state index contributed by atoms with van der Waals surface area (Å²) >= 11 is 0. The van der Waals surface area contributed by atoms with Gasteiger partial charge in [-0.3, -0.25) is 4.72 Å². The maximum atomic E-state index is 12.6. The largest absolute Gasteiger partial charge is 0.465 e. The Labute approximate surface area is 145 Å². The smallest absolute Gasteiger partial charge is 0.265 e. The molecule has 25 heavy (non-hydrogen) atoms. The number of sulfonamides is 1. The van der Waals surface area contributed by atoms with E-state index < -0.39 is 10.0 Å². The van der Waals surface area contributed by atoms with Crippen molar-refractivity contribution in [2.24, 2.45) is 0 Å². The number of anilines is 1. The highest BCUT2D eigenvalue weighted by Crippen LogP contribution is 2.29. The van der Waals surface area contributed by atoms with Crippen LogP contribution in [-0.4, -0.2) is 25.0 Å². The molecule has 1 unspecified atom stereocenters. The van der Waals surface area contributed by atoms with E-state index in [1.165, 1.54) is 6.07 Å². The predicted molar refractivity (Wildman–Crippen MR) is 93.0 cm³/mol. The van der Waals surface area contributed by atoms with Gasteiger partial charge in [0, 0.05) is 12.7 Å². The lowest BCUT2D eigenvalue weighted by Gasteiger charge is -2.06. The third-order valence-corrected chi connectivity index (χ3v) is 5.76. The van der Waals surface area contributed by atoms with Gasteiger partial charge in [0.15, 0.2) is 0 Å². The standard InChI is InChI=1S/C17H19N3O4S/c1-10-8-16(11(2)24-10)25(21,22)20-12-5-6-13-14(9-12)19-17(18-13)15-4-3-7-23-15/h5-6,8-9,15,20H,3-4,7H2,1-2H3,(H,18,19). The summed E-state index contributed by atoms with van der Waals surface area (Å²) in [5.74, 6) is 1.71. The minimum atomic E-state index is -3.70. The molecule has 7 nitrogen and oxygen atoms in total. The number of fused-ring (bicyclic) bond motifs is 1. The van der Waals surface area contributed by atoms with Crippen molar-refractivity contribution in [1.29, 1.82) is 0 Å². The van der Waals surface area contributed by atoms with Crippen LogP contribution in [0.1, 0.15) is 36.3 Å². The van der Waals surface area contributed by atoms with Crippen LogP contribution in [0.5, 0.6) is 0 Å². The molecule has 3 aromatic rings. The number of aryl methyl sites for hydroxylation is 2. The van der Waals surface area contributed by atoms with Gasteiger partial charge in [0.25, 0.3) is 10.0 Å². The predicted octanol–water partition coefficient (Wildman–Crippen LogP) is 3.43. The van der Waals surface area contributed by atoms with Crippen LogP contribution in [-0.2, 0) is 14.8 Å². The molecule has 8 heteroatoms. The van der Waals surface area contributed by atoms with E-state index in [1.54, 1.807) is 32.0 Å². The third-order valence-electron chi connectivity index (χ3n) is 4.27. The quantitative estimate of drug-likeness (QED) is 0.742. The first-order valence-electron chi connectivity index (χ1n) is 8.13. The van der Waals surface area contributed by atoms with Gasteiger partial charge in [-0.25, -0.2) is 13.4 Å². The zero-order chi connectivity index (χ0) is 17.6. The third kappa shape index (κ3) is 3.03. The maximum Gasteiger partial charge on any atom is 0.265 e. The summed E-state index contributed by atoms with van der Waals surface area (Å²) in [6.45, 7) is 4.10. The van der Waals surface area contributed by atoms with Crippen LogP contribution in [0.3, 0.4) is 0 Å². The molecule has 4 rings (SSSR count). The number of benzene rings is 1. The number of hydrogen-bond donors (Lipinski definition) is 2. The molecule has 1 atom stereocenters. The van der Waals surface area contributed by atoms with Crippen molar-refractivity contribution in [3.05, 3.63) is 41.6 Å². The first-order valence-corrected chi connectivity index (χ1v) is 9.62. The summed E-state index contributed by atoms with van der Waals surface area (Å²) in [4.78, 5) is 7.91. The Kier molecular flexibility index (Phi) is 3.81. The highest BCUT2D eigenvalue weighted by Gasteiger charge is 2.23. The molecule has 132 valence electrons. The Hall–Kier alpha value is -2.32. The molecule has 0 radical (unpaired) electrons. The second-order valence-corrected chi connectivity index (χ2v) is 7.89. The fourth-order valence-corrected chi connectivity index (χ4v) is 4.41. The van der Waals surface area contributed by atoms with Crippen molar-refractivity contribution in [1.82, 2.24) is 9.97 Å². The maximum absolute atomic E-state index is 12.6. The molecule has 1 saturated heterocycles. The topological polar surface area (TPSA) is 97.2 Å². The second-order valence-electron chi connectivity index (χ2n) is 6.24. The average Bonchev–Trinajstić information content (AvgIpc) is 3.25. The summed E-state index contributed by atoms with van der Waals surface area (Å²) in [6, 6.07) is 6.74. The van der Waals surface area contributed by atoms with Gasteiger partial charge in [-0.2, -0.15) is 0 Å². The normalized spacial score (nSPS) is 18.1. The molecule has 2 N–H and O–H groups in total. The lowest BCUT2D eigenvalue weighted by molar-refractivity contribution is 0.106. The van der Waals surface area contributed by atoms with E-state index >= 15 is 0 Å². The Morgan fingerprint density at radius 3 is 2.80 bits per heavy atom. The summed E-state index contributed by atoms with van der Waals surface area (Å²) in [6.07, 6.45) is 1.96. The van der Waals surface area contributed by atoms with Gasteiger partial charge in [0.2, 0.25) is 0 Å². The van der Waals surface area contributed by atoms with Gasteiger partial charge < -0.3 is 14.1 Å². The Balaban J connectivity index is 1.64. The molecule has 1 aliphatic rings. The van der Waals surface area contributed by atoms with Crippen LogP contribution < -0.4 is 4.72 Å². The highest BCUT2D eigenvalue weighted by molar-refractivity contribution is 7.92. The first-order chi connectivity index (χ1) is 11.9. The Morgan fingerprint density at radius 1 is 1.28 bits per heavy atom. The lowest BCUT2D eigenvalue weighted by atomic mass is 10.2. The lowest BCUT2D eigenvalue weighted by Crippen LogP contribution is -2.13. The van der Waals surface area contributed by atoms with Crippen LogP contribution in [0.25, 0.3) is 11.0 Å². The van der Waals surface area contributed by atoms with Gasteiger partial charge in [-0.1, -0.05) is 0 Å². The molecule has 0 saturated carbocycles. The van der Waals surface area contributed by atoms with Crippen molar-refractivity contribution in [3.63, 3.8) is 0 Å². The summed E-state index contributed by atoms with van der Waals surface area (Å²) < 4.78 is 38.7. The number of aromatic nitrogens is 2. The van der Waals surface area contributed by atoms with Crippen LogP contribution in [0.4, 0.5) is 5.69 Å². The van der Waals surface area contributed by atoms with Crippen LogP contribution >= 0.6 is 0 Å². The molecule has 0 amide bonds. The van der Waals surface area contributed by atoms with E-state index in [-0.39, 0.29) is 11.0 Å². The van der Waals surface area contributed by atoms with E-state index in [4.69, 9.17) is 9.15 Å². The van der Waals surface area contributed by atoms with Gasteiger partial charge in [0.1, 0.15) is 28.3 Å². The SMILES string of the molecule is Cc1cc(S(=O)(=O)Nc2ccc3nc(C4CCCO4)[nH]c3c2)c(C)o1. The summed E-state index contributed by atoms with van der Waals surface area (Å²) in [5, 5.41) is 0. The molecule has 3 heterocycles. The second kappa shape index (κ2) is 5.89. The van der Waals surface area contributed by atoms with E-state index in [0.717, 1.165) is 36.3 Å². The fourth-order valence-electron chi connectivity index (χ4n) is 3.12. The number of furan rings is 1. The minimum Gasteiger partial charge on any atom is -0.465 e. The van der Waals surface area contributed by atoms with Crippen LogP contribution in [0, 0.1) is 13.8 Å². The number of aromatic amines is 1. The van der Waals surface area contributed by atoms with E-state index in [2.05, 4.69) is 14.7 Å². The number of H-pyrrole nitrogens is 1. The molecule has 1 aromatic carbocycles. The van der Waals surface area contributed by atoms with Crippen molar-refractivity contribution in [2.45, 2.75) is 37.7 Å². The number of hydrogen-bond acceptors (Lipinski definition) is 5. The van der Waals surface area contributed by atoms with Crippen molar-refractivity contribution >= 4 is 26.7 Å².